The van der Waals surface area contributed by atoms with Gasteiger partial charge in [-0.25, -0.2) is 4.39 Å². The van der Waals surface area contributed by atoms with Crippen LogP contribution in [0, 0.1) is 12.7 Å². The van der Waals surface area contributed by atoms with Crippen molar-refractivity contribution in [1.29, 1.82) is 0 Å². The van der Waals surface area contributed by atoms with Gasteiger partial charge in [0.2, 0.25) is 0 Å². The lowest BCUT2D eigenvalue weighted by atomic mass is 9.99. The fourth-order valence-electron chi connectivity index (χ4n) is 1.97. The lowest BCUT2D eigenvalue weighted by Gasteiger charge is -2.17. The minimum atomic E-state index is -0.398. The maximum absolute atomic E-state index is 13.9. The summed E-state index contributed by atoms with van der Waals surface area (Å²) in [6.45, 7) is 1.95. The van der Waals surface area contributed by atoms with E-state index in [1.165, 1.54) is 6.07 Å². The fourth-order valence-corrected chi connectivity index (χ4v) is 2.16. The van der Waals surface area contributed by atoms with Gasteiger partial charge in [0.25, 0.3) is 0 Å². The first-order valence-corrected chi connectivity index (χ1v) is 6.30. The van der Waals surface area contributed by atoms with Crippen molar-refractivity contribution < 1.29 is 4.39 Å². The molecule has 5 heteroatoms. The zero-order valence-corrected chi connectivity index (χ0v) is 11.3. The molecule has 0 aliphatic rings. The quantitative estimate of drug-likeness (QED) is 0.668. The maximum atomic E-state index is 13.9. The molecule has 1 unspecified atom stereocenters. The van der Waals surface area contributed by atoms with Crippen molar-refractivity contribution in [2.75, 3.05) is 0 Å². The van der Waals surface area contributed by atoms with Gasteiger partial charge in [0, 0.05) is 12.4 Å². The summed E-state index contributed by atoms with van der Waals surface area (Å²) >= 11 is 5.77. The van der Waals surface area contributed by atoms with E-state index >= 15 is 0 Å². The van der Waals surface area contributed by atoms with Gasteiger partial charge in [-0.05, 0) is 36.1 Å². The third kappa shape index (κ3) is 3.29. The number of benzene rings is 1. The molecule has 19 heavy (non-hydrogen) atoms. The van der Waals surface area contributed by atoms with E-state index in [1.807, 2.05) is 13.0 Å². The molecule has 0 radical (unpaired) electrons. The highest BCUT2D eigenvalue weighted by molar-refractivity contribution is 6.30. The number of nitrogens with two attached hydrogens (primary N) is 1. The number of hydrogen-bond acceptors (Lipinski definition) is 3. The third-order valence-electron chi connectivity index (χ3n) is 2.96. The van der Waals surface area contributed by atoms with Gasteiger partial charge in [0.1, 0.15) is 5.82 Å². The van der Waals surface area contributed by atoms with Crippen LogP contribution in [0.3, 0.4) is 0 Å². The van der Waals surface area contributed by atoms with Crippen molar-refractivity contribution in [3.63, 3.8) is 0 Å². The Morgan fingerprint density at radius 1 is 1.42 bits per heavy atom. The normalized spacial score (nSPS) is 12.4. The average molecular weight is 280 g/mol. The van der Waals surface area contributed by atoms with Crippen molar-refractivity contribution >= 4 is 11.6 Å². The Kier molecular flexibility index (Phi) is 4.47. The zero-order chi connectivity index (χ0) is 13.8. The van der Waals surface area contributed by atoms with Gasteiger partial charge in [0.15, 0.2) is 0 Å². The van der Waals surface area contributed by atoms with Gasteiger partial charge in [-0.15, -0.1) is 0 Å². The van der Waals surface area contributed by atoms with Crippen LogP contribution in [0.2, 0.25) is 5.02 Å². The Balaban J connectivity index is 2.26. The number of hydrazine groups is 1. The van der Waals surface area contributed by atoms with Crippen molar-refractivity contribution in [2.24, 2.45) is 5.84 Å². The first kappa shape index (κ1) is 13.9. The SMILES string of the molecule is Cc1cncc(C(Cc2cccc(Cl)c2F)NN)c1. The number of nitrogens with zero attached hydrogens (tertiary/aromatic N) is 1. The third-order valence-corrected chi connectivity index (χ3v) is 3.25. The summed E-state index contributed by atoms with van der Waals surface area (Å²) in [5, 5.41) is 0.121. The van der Waals surface area contributed by atoms with E-state index in [2.05, 4.69) is 10.4 Å². The van der Waals surface area contributed by atoms with Crippen molar-refractivity contribution in [3.05, 3.63) is 64.2 Å². The number of nitrogens with one attached hydrogen (secondary N) is 1. The van der Waals surface area contributed by atoms with Crippen LogP contribution >= 0.6 is 11.6 Å². The number of pyridine rings is 1. The van der Waals surface area contributed by atoms with Gasteiger partial charge in [-0.2, -0.15) is 0 Å². The Hall–Kier alpha value is -1.49. The second-order valence-corrected chi connectivity index (χ2v) is 4.84. The molecule has 1 aromatic carbocycles. The predicted octanol–water partition coefficient (Wildman–Crippen LogP) is 2.93. The number of aryl methyl sites for hydroxylation is 1. The van der Waals surface area contributed by atoms with Gasteiger partial charge < -0.3 is 0 Å². The number of halogens is 2. The van der Waals surface area contributed by atoms with Gasteiger partial charge in [0.05, 0.1) is 11.1 Å². The van der Waals surface area contributed by atoms with E-state index in [4.69, 9.17) is 17.4 Å². The van der Waals surface area contributed by atoms with E-state index < -0.39 is 5.82 Å². The summed E-state index contributed by atoms with van der Waals surface area (Å²) < 4.78 is 13.9. The van der Waals surface area contributed by atoms with Crippen LogP contribution < -0.4 is 11.3 Å². The molecular formula is C14H15ClFN3. The highest BCUT2D eigenvalue weighted by Gasteiger charge is 2.15. The van der Waals surface area contributed by atoms with Gasteiger partial charge >= 0.3 is 0 Å². The van der Waals surface area contributed by atoms with Crippen LogP contribution in [0.1, 0.15) is 22.7 Å². The molecule has 0 saturated carbocycles. The van der Waals surface area contributed by atoms with E-state index in [-0.39, 0.29) is 11.1 Å². The number of rotatable bonds is 4. The van der Waals surface area contributed by atoms with Crippen LogP contribution in [0.5, 0.6) is 0 Å². The summed E-state index contributed by atoms with van der Waals surface area (Å²) in [5.74, 6) is 5.16. The van der Waals surface area contributed by atoms with E-state index in [9.17, 15) is 4.39 Å². The van der Waals surface area contributed by atoms with Crippen LogP contribution in [0.15, 0.2) is 36.7 Å². The molecule has 3 N–H and O–H groups in total. The smallest absolute Gasteiger partial charge is 0.145 e. The molecular weight excluding hydrogens is 265 g/mol. The summed E-state index contributed by atoms with van der Waals surface area (Å²) in [6, 6.07) is 6.72. The maximum Gasteiger partial charge on any atom is 0.145 e. The lowest BCUT2D eigenvalue weighted by Crippen LogP contribution is -2.30. The molecule has 0 saturated heterocycles. The summed E-state index contributed by atoms with van der Waals surface area (Å²) in [6.07, 6.45) is 3.89. The molecule has 1 aromatic heterocycles. The fraction of sp³-hybridized carbons (Fsp3) is 0.214. The van der Waals surface area contributed by atoms with Gasteiger partial charge in [-0.1, -0.05) is 29.8 Å². The predicted molar refractivity (Wildman–Crippen MR) is 74.2 cm³/mol. The zero-order valence-electron chi connectivity index (χ0n) is 10.5. The average Bonchev–Trinajstić information content (AvgIpc) is 2.40. The topological polar surface area (TPSA) is 50.9 Å². The van der Waals surface area contributed by atoms with E-state index in [0.29, 0.717) is 12.0 Å². The Labute approximate surface area is 116 Å². The molecule has 2 rings (SSSR count). The molecule has 0 amide bonds. The molecule has 3 nitrogen and oxygen atoms in total. The van der Waals surface area contributed by atoms with E-state index in [0.717, 1.165) is 11.1 Å². The van der Waals surface area contributed by atoms with Crippen LogP contribution in [-0.2, 0) is 6.42 Å². The Morgan fingerprint density at radius 3 is 2.89 bits per heavy atom. The molecule has 1 heterocycles. The summed E-state index contributed by atoms with van der Waals surface area (Å²) in [7, 11) is 0. The first-order chi connectivity index (χ1) is 9.11. The summed E-state index contributed by atoms with van der Waals surface area (Å²) in [4.78, 5) is 4.12. The van der Waals surface area contributed by atoms with Crippen LogP contribution in [-0.4, -0.2) is 4.98 Å². The lowest BCUT2D eigenvalue weighted by molar-refractivity contribution is 0.528. The van der Waals surface area contributed by atoms with E-state index in [1.54, 1.807) is 24.5 Å². The Morgan fingerprint density at radius 2 is 2.21 bits per heavy atom. The van der Waals surface area contributed by atoms with Crippen LogP contribution in [0.25, 0.3) is 0 Å². The molecule has 1 atom stereocenters. The monoisotopic (exact) mass is 279 g/mol. The molecule has 0 aliphatic carbocycles. The highest BCUT2D eigenvalue weighted by atomic mass is 35.5. The minimum absolute atomic E-state index is 0.121. The largest absolute Gasteiger partial charge is 0.271 e. The molecule has 0 spiro atoms. The second-order valence-electron chi connectivity index (χ2n) is 4.43. The highest BCUT2D eigenvalue weighted by Crippen LogP contribution is 2.23. The van der Waals surface area contributed by atoms with Crippen LogP contribution in [0.4, 0.5) is 4.39 Å². The molecule has 2 aromatic rings. The molecule has 100 valence electrons. The molecule has 0 bridgehead atoms. The van der Waals surface area contributed by atoms with Gasteiger partial charge in [-0.3, -0.25) is 16.3 Å². The minimum Gasteiger partial charge on any atom is -0.271 e. The second kappa shape index (κ2) is 6.10. The molecule has 0 aliphatic heterocycles. The van der Waals surface area contributed by atoms with Crippen molar-refractivity contribution in [1.82, 2.24) is 10.4 Å². The first-order valence-electron chi connectivity index (χ1n) is 5.92. The summed E-state index contributed by atoms with van der Waals surface area (Å²) in [5.41, 5.74) is 5.17. The Bertz CT molecular complexity index is 574. The number of aromatic nitrogens is 1. The van der Waals surface area contributed by atoms with Crippen molar-refractivity contribution in [2.45, 2.75) is 19.4 Å². The standard InChI is InChI=1S/C14H15ClFN3/c1-9-5-11(8-18-7-9)13(19-17)6-10-3-2-4-12(15)14(10)16/h2-5,7-8,13,19H,6,17H2,1H3. The van der Waals surface area contributed by atoms with Crippen molar-refractivity contribution in [3.8, 4) is 0 Å². The molecule has 0 fully saturated rings. The number of hydrogen-bond donors (Lipinski definition) is 2.